The van der Waals surface area contributed by atoms with Crippen LogP contribution in [0.5, 0.6) is 0 Å². The largest absolute Gasteiger partial charge is 0.472 e. The van der Waals surface area contributed by atoms with Gasteiger partial charge in [0.2, 0.25) is 5.91 Å². The molecule has 0 bridgehead atoms. The van der Waals surface area contributed by atoms with Crippen LogP contribution in [0.1, 0.15) is 129 Å². The Hall–Kier alpha value is -1.02. The third-order valence-electron chi connectivity index (χ3n) is 7.17. The van der Waals surface area contributed by atoms with Gasteiger partial charge in [-0.3, -0.25) is 13.8 Å². The van der Waals surface area contributed by atoms with Gasteiger partial charge in [0.05, 0.1) is 39.9 Å². The molecule has 0 aromatic carbocycles. The Morgan fingerprint density at radius 3 is 1.90 bits per heavy atom. The number of amides is 1. The molecule has 0 saturated heterocycles. The Labute approximate surface area is 258 Å². The normalized spacial score (nSPS) is 15.3. The first-order valence-corrected chi connectivity index (χ1v) is 18.2. The molecule has 9 heteroatoms. The SMILES string of the molecule is CCCCCC/C=C/CC/C=C/C(O)C(COP(=O)(O)OCC[N+](C)(C)C)NC(=O)CCCCCCCCCCCC. The number of unbranched alkanes of at least 4 members (excludes halogenated alkanes) is 14. The maximum Gasteiger partial charge on any atom is 0.472 e. The molecular formula is C33H66N2O6P+. The topological polar surface area (TPSA) is 105 Å². The summed E-state index contributed by atoms with van der Waals surface area (Å²) < 4.78 is 23.3. The molecule has 0 fully saturated rings. The van der Waals surface area contributed by atoms with Crippen molar-refractivity contribution in [2.24, 2.45) is 0 Å². The Morgan fingerprint density at radius 1 is 0.786 bits per heavy atom. The molecule has 0 aliphatic rings. The van der Waals surface area contributed by atoms with Crippen LogP contribution >= 0.6 is 7.82 Å². The van der Waals surface area contributed by atoms with Gasteiger partial charge in [0.1, 0.15) is 13.2 Å². The molecule has 0 aliphatic heterocycles. The number of quaternary nitrogens is 1. The summed E-state index contributed by atoms with van der Waals surface area (Å²) >= 11 is 0. The van der Waals surface area contributed by atoms with Crippen LogP contribution in [0, 0.1) is 0 Å². The van der Waals surface area contributed by atoms with E-state index in [1.807, 2.05) is 27.2 Å². The van der Waals surface area contributed by atoms with Gasteiger partial charge in [-0.25, -0.2) is 4.57 Å². The fourth-order valence-corrected chi connectivity index (χ4v) is 5.14. The molecule has 0 aromatic heterocycles. The molecule has 0 aliphatic carbocycles. The molecule has 0 radical (unpaired) electrons. The van der Waals surface area contributed by atoms with Crippen molar-refractivity contribution in [2.45, 2.75) is 142 Å². The number of aliphatic hydroxyl groups is 1. The molecule has 248 valence electrons. The minimum atomic E-state index is -4.32. The second-order valence-corrected chi connectivity index (χ2v) is 14.0. The zero-order chi connectivity index (χ0) is 31.5. The van der Waals surface area contributed by atoms with Crippen LogP contribution in [0.3, 0.4) is 0 Å². The smallest absolute Gasteiger partial charge is 0.387 e. The molecular weight excluding hydrogens is 551 g/mol. The second-order valence-electron chi connectivity index (χ2n) is 12.5. The second kappa shape index (κ2) is 26.4. The lowest BCUT2D eigenvalue weighted by atomic mass is 10.1. The highest BCUT2D eigenvalue weighted by atomic mass is 31.2. The zero-order valence-electron chi connectivity index (χ0n) is 27.7. The molecule has 8 nitrogen and oxygen atoms in total. The highest BCUT2D eigenvalue weighted by Crippen LogP contribution is 2.43. The van der Waals surface area contributed by atoms with E-state index in [0.29, 0.717) is 17.4 Å². The fraction of sp³-hybridized carbons (Fsp3) is 0.848. The first-order valence-electron chi connectivity index (χ1n) is 16.7. The van der Waals surface area contributed by atoms with Crippen LogP contribution in [0.2, 0.25) is 0 Å². The Balaban J connectivity index is 4.69. The van der Waals surface area contributed by atoms with Crippen molar-refractivity contribution >= 4 is 13.7 Å². The number of phosphoric ester groups is 1. The van der Waals surface area contributed by atoms with Gasteiger partial charge in [0.15, 0.2) is 0 Å². The van der Waals surface area contributed by atoms with E-state index < -0.39 is 20.0 Å². The molecule has 1 amide bonds. The van der Waals surface area contributed by atoms with E-state index in [9.17, 15) is 19.4 Å². The van der Waals surface area contributed by atoms with Crippen molar-refractivity contribution in [1.29, 1.82) is 0 Å². The summed E-state index contributed by atoms with van der Waals surface area (Å²) in [4.78, 5) is 22.8. The van der Waals surface area contributed by atoms with Crippen molar-refractivity contribution in [3.8, 4) is 0 Å². The summed E-state index contributed by atoms with van der Waals surface area (Å²) in [7, 11) is 1.55. The Morgan fingerprint density at radius 2 is 1.31 bits per heavy atom. The number of rotatable bonds is 29. The van der Waals surface area contributed by atoms with E-state index in [2.05, 4.69) is 31.3 Å². The average molecular weight is 618 g/mol. The number of phosphoric acid groups is 1. The van der Waals surface area contributed by atoms with E-state index in [0.717, 1.165) is 38.5 Å². The standard InChI is InChI=1S/C33H65N2O6P/c1-6-8-10-12-14-16-18-20-22-24-26-32(36)31(30-41-42(38,39)40-29-28-35(3,4)5)34-33(37)27-25-23-21-19-17-15-13-11-9-7-2/h16,18,24,26,31-32,36H,6-15,17,19-23,25,27-30H2,1-5H3,(H-,34,37,38,39)/p+1/b18-16+,26-24+. The maximum absolute atomic E-state index is 12.7. The number of carbonyl (C=O) groups is 1. The van der Waals surface area contributed by atoms with Gasteiger partial charge in [-0.2, -0.15) is 0 Å². The van der Waals surface area contributed by atoms with Crippen molar-refractivity contribution in [3.63, 3.8) is 0 Å². The summed E-state index contributed by atoms with van der Waals surface area (Å²) in [5.41, 5.74) is 0. The maximum atomic E-state index is 12.7. The summed E-state index contributed by atoms with van der Waals surface area (Å²) in [6.07, 6.45) is 26.7. The number of allylic oxidation sites excluding steroid dienone is 3. The molecule has 3 unspecified atom stereocenters. The van der Waals surface area contributed by atoms with Crippen LogP contribution in [-0.4, -0.2) is 73.4 Å². The number of aliphatic hydroxyl groups excluding tert-OH is 1. The van der Waals surface area contributed by atoms with Crippen molar-refractivity contribution < 1.29 is 32.9 Å². The van der Waals surface area contributed by atoms with Crippen LogP contribution in [0.15, 0.2) is 24.3 Å². The molecule has 0 heterocycles. The van der Waals surface area contributed by atoms with E-state index in [1.165, 1.54) is 70.6 Å². The van der Waals surface area contributed by atoms with Crippen LogP contribution in [-0.2, 0) is 18.4 Å². The number of carbonyl (C=O) groups excluding carboxylic acids is 1. The van der Waals surface area contributed by atoms with Gasteiger partial charge in [0, 0.05) is 6.42 Å². The number of hydrogen-bond acceptors (Lipinski definition) is 5. The monoisotopic (exact) mass is 617 g/mol. The van der Waals surface area contributed by atoms with Crippen molar-refractivity contribution in [1.82, 2.24) is 5.32 Å². The summed E-state index contributed by atoms with van der Waals surface area (Å²) in [6, 6.07) is -0.853. The van der Waals surface area contributed by atoms with Gasteiger partial charge in [-0.15, -0.1) is 0 Å². The van der Waals surface area contributed by atoms with Crippen molar-refractivity contribution in [3.05, 3.63) is 24.3 Å². The highest BCUT2D eigenvalue weighted by molar-refractivity contribution is 7.47. The number of nitrogens with one attached hydrogen (secondary N) is 1. The van der Waals surface area contributed by atoms with Gasteiger partial charge in [0.25, 0.3) is 0 Å². The van der Waals surface area contributed by atoms with Crippen LogP contribution < -0.4 is 5.32 Å². The summed E-state index contributed by atoms with van der Waals surface area (Å²) in [5, 5.41) is 13.6. The first-order chi connectivity index (χ1) is 20.0. The third kappa shape index (κ3) is 27.8. The summed E-state index contributed by atoms with van der Waals surface area (Å²) in [5.74, 6) is -0.194. The Kier molecular flexibility index (Phi) is 25.7. The van der Waals surface area contributed by atoms with E-state index >= 15 is 0 Å². The minimum Gasteiger partial charge on any atom is -0.387 e. The lowest BCUT2D eigenvalue weighted by Gasteiger charge is -2.25. The quantitative estimate of drug-likeness (QED) is 0.0342. The molecule has 0 aromatic rings. The molecule has 0 spiro atoms. The average Bonchev–Trinajstić information content (AvgIpc) is 2.92. The van der Waals surface area contributed by atoms with E-state index in [-0.39, 0.29) is 19.1 Å². The fourth-order valence-electron chi connectivity index (χ4n) is 4.41. The molecule has 42 heavy (non-hydrogen) atoms. The number of likely N-dealkylation sites (N-methyl/N-ethyl adjacent to an activating group) is 1. The summed E-state index contributed by atoms with van der Waals surface area (Å²) in [6.45, 7) is 4.70. The molecule has 3 N–H and O–H groups in total. The predicted octanol–water partition coefficient (Wildman–Crippen LogP) is 7.85. The number of nitrogens with zero attached hydrogens (tertiary/aromatic N) is 1. The van der Waals surface area contributed by atoms with Gasteiger partial charge >= 0.3 is 7.82 Å². The van der Waals surface area contributed by atoms with Gasteiger partial charge in [-0.1, -0.05) is 115 Å². The molecule has 0 rings (SSSR count). The van der Waals surface area contributed by atoms with E-state index in [1.54, 1.807) is 6.08 Å². The third-order valence-corrected chi connectivity index (χ3v) is 8.16. The van der Waals surface area contributed by atoms with Gasteiger partial charge in [-0.05, 0) is 32.1 Å². The zero-order valence-corrected chi connectivity index (χ0v) is 28.6. The van der Waals surface area contributed by atoms with E-state index in [4.69, 9.17) is 9.05 Å². The molecule has 0 saturated carbocycles. The lowest BCUT2D eigenvalue weighted by Crippen LogP contribution is -2.45. The number of hydrogen-bond donors (Lipinski definition) is 3. The van der Waals surface area contributed by atoms with Gasteiger partial charge < -0.3 is 19.8 Å². The predicted molar refractivity (Wildman–Crippen MR) is 175 cm³/mol. The van der Waals surface area contributed by atoms with Crippen LogP contribution in [0.25, 0.3) is 0 Å². The van der Waals surface area contributed by atoms with Crippen LogP contribution in [0.4, 0.5) is 0 Å². The van der Waals surface area contributed by atoms with Crippen molar-refractivity contribution in [2.75, 3.05) is 40.9 Å². The molecule has 3 atom stereocenters. The highest BCUT2D eigenvalue weighted by Gasteiger charge is 2.27. The Bertz CT molecular complexity index is 753. The lowest BCUT2D eigenvalue weighted by molar-refractivity contribution is -0.870. The minimum absolute atomic E-state index is 0.0572. The first kappa shape index (κ1) is 41.0.